The topological polar surface area (TPSA) is 50.2 Å². The minimum atomic E-state index is -0.903. The summed E-state index contributed by atoms with van der Waals surface area (Å²) >= 11 is 6.45. The third-order valence-corrected chi connectivity index (χ3v) is 4.62. The molecular formula is C12H10BrNO2S2. The normalized spacial score (nSPS) is 10.6. The van der Waals surface area contributed by atoms with Gasteiger partial charge in [0.25, 0.3) is 0 Å². The van der Waals surface area contributed by atoms with E-state index in [1.54, 1.807) is 23.5 Å². The van der Waals surface area contributed by atoms with Gasteiger partial charge in [0.15, 0.2) is 0 Å². The lowest BCUT2D eigenvalue weighted by Gasteiger charge is -2.05. The Kier molecular flexibility index (Phi) is 4.42. The summed E-state index contributed by atoms with van der Waals surface area (Å²) in [5.74, 6) is -0.222. The molecule has 6 heteroatoms. The Morgan fingerprint density at radius 3 is 2.94 bits per heavy atom. The van der Waals surface area contributed by atoms with Crippen LogP contribution in [0.15, 0.2) is 32.9 Å². The summed E-state index contributed by atoms with van der Waals surface area (Å²) in [6.45, 7) is 1.96. The second kappa shape index (κ2) is 5.86. The second-order valence-electron chi connectivity index (χ2n) is 3.59. The maximum atomic E-state index is 11.1. The number of hydrogen-bond acceptors (Lipinski definition) is 4. The summed E-state index contributed by atoms with van der Waals surface area (Å²) in [6.07, 6.45) is 0. The van der Waals surface area contributed by atoms with Crippen molar-refractivity contribution in [1.29, 1.82) is 0 Å². The van der Waals surface area contributed by atoms with Crippen LogP contribution in [0.25, 0.3) is 0 Å². The molecular weight excluding hydrogens is 334 g/mol. The van der Waals surface area contributed by atoms with E-state index in [2.05, 4.69) is 20.9 Å². The highest BCUT2D eigenvalue weighted by Gasteiger charge is 2.11. The summed E-state index contributed by atoms with van der Waals surface area (Å²) in [5, 5.41) is 12.1. The van der Waals surface area contributed by atoms with Gasteiger partial charge < -0.3 is 5.11 Å². The van der Waals surface area contributed by atoms with Crippen molar-refractivity contribution in [3.05, 3.63) is 44.3 Å². The third-order valence-electron chi connectivity index (χ3n) is 2.22. The molecule has 1 heterocycles. The van der Waals surface area contributed by atoms with E-state index in [1.165, 1.54) is 11.8 Å². The number of thiazole rings is 1. The van der Waals surface area contributed by atoms with Crippen LogP contribution < -0.4 is 0 Å². The molecule has 1 aromatic heterocycles. The van der Waals surface area contributed by atoms with Gasteiger partial charge in [0.05, 0.1) is 16.3 Å². The Morgan fingerprint density at radius 2 is 2.33 bits per heavy atom. The third kappa shape index (κ3) is 3.34. The Morgan fingerprint density at radius 1 is 1.56 bits per heavy atom. The molecule has 0 aliphatic carbocycles. The number of benzene rings is 1. The molecule has 2 rings (SSSR count). The van der Waals surface area contributed by atoms with Gasteiger partial charge in [-0.15, -0.1) is 23.1 Å². The highest BCUT2D eigenvalue weighted by atomic mass is 79.9. The van der Waals surface area contributed by atoms with Crippen molar-refractivity contribution < 1.29 is 9.90 Å². The first-order valence-corrected chi connectivity index (χ1v) is 7.79. The van der Waals surface area contributed by atoms with Gasteiger partial charge in [-0.05, 0) is 25.1 Å². The zero-order valence-corrected chi connectivity index (χ0v) is 12.7. The maximum absolute atomic E-state index is 11.1. The van der Waals surface area contributed by atoms with Crippen LogP contribution >= 0.6 is 39.0 Å². The van der Waals surface area contributed by atoms with Crippen molar-refractivity contribution >= 4 is 45.0 Å². The largest absolute Gasteiger partial charge is 0.478 e. The molecule has 1 aromatic carbocycles. The first kappa shape index (κ1) is 13.6. The molecule has 0 fully saturated rings. The summed E-state index contributed by atoms with van der Waals surface area (Å²) in [6, 6.07) is 5.18. The molecule has 0 spiro atoms. The van der Waals surface area contributed by atoms with Crippen molar-refractivity contribution in [2.75, 3.05) is 0 Å². The fraction of sp³-hybridized carbons (Fsp3) is 0.167. The number of carboxylic acid groups (broad SMARTS) is 1. The molecule has 94 valence electrons. The predicted octanol–water partition coefficient (Wildman–Crippen LogP) is 4.20. The smallest absolute Gasteiger partial charge is 0.336 e. The van der Waals surface area contributed by atoms with E-state index in [0.717, 1.165) is 20.1 Å². The Bertz CT molecular complexity index is 583. The molecule has 0 bridgehead atoms. The van der Waals surface area contributed by atoms with Gasteiger partial charge in [0, 0.05) is 20.5 Å². The number of halogens is 1. The molecule has 0 radical (unpaired) electrons. The Hall–Kier alpha value is -0.850. The fourth-order valence-corrected chi connectivity index (χ4v) is 3.62. The van der Waals surface area contributed by atoms with E-state index in [1.807, 2.05) is 18.4 Å². The van der Waals surface area contributed by atoms with Gasteiger partial charge in [-0.25, -0.2) is 9.78 Å². The van der Waals surface area contributed by atoms with E-state index < -0.39 is 5.97 Å². The lowest BCUT2D eigenvalue weighted by molar-refractivity contribution is 0.0693. The van der Waals surface area contributed by atoms with Gasteiger partial charge in [-0.2, -0.15) is 0 Å². The first-order valence-electron chi connectivity index (χ1n) is 5.13. The summed E-state index contributed by atoms with van der Waals surface area (Å²) in [7, 11) is 0. The molecule has 0 saturated heterocycles. The van der Waals surface area contributed by atoms with Crippen molar-refractivity contribution in [1.82, 2.24) is 4.98 Å². The number of aromatic nitrogens is 1. The number of rotatable bonds is 4. The molecule has 0 unspecified atom stereocenters. The Balaban J connectivity index is 2.17. The van der Waals surface area contributed by atoms with Crippen LogP contribution in [-0.2, 0) is 5.75 Å². The number of aromatic carboxylic acids is 1. The van der Waals surface area contributed by atoms with Crippen molar-refractivity contribution in [3.63, 3.8) is 0 Å². The molecule has 3 nitrogen and oxygen atoms in total. The van der Waals surface area contributed by atoms with Crippen molar-refractivity contribution in [2.24, 2.45) is 0 Å². The highest BCUT2D eigenvalue weighted by molar-refractivity contribution is 9.10. The van der Waals surface area contributed by atoms with E-state index in [0.29, 0.717) is 11.3 Å². The van der Waals surface area contributed by atoms with Gasteiger partial charge in [-0.1, -0.05) is 15.9 Å². The first-order chi connectivity index (χ1) is 8.56. The Labute approximate surface area is 121 Å². The number of thioether (sulfide) groups is 1. The molecule has 2 aromatic rings. The number of hydrogen-bond donors (Lipinski definition) is 1. The maximum Gasteiger partial charge on any atom is 0.336 e. The predicted molar refractivity (Wildman–Crippen MR) is 77.5 cm³/mol. The van der Waals surface area contributed by atoms with E-state index >= 15 is 0 Å². The van der Waals surface area contributed by atoms with Crippen LogP contribution in [0.4, 0.5) is 0 Å². The van der Waals surface area contributed by atoms with Crippen LogP contribution in [0.1, 0.15) is 21.1 Å². The molecule has 0 aliphatic rings. The summed E-state index contributed by atoms with van der Waals surface area (Å²) < 4.78 is 0.879. The van der Waals surface area contributed by atoms with Crippen LogP contribution in [0.2, 0.25) is 0 Å². The lowest BCUT2D eigenvalue weighted by atomic mass is 10.2. The minimum absolute atomic E-state index is 0.329. The zero-order valence-electron chi connectivity index (χ0n) is 9.51. The number of aryl methyl sites for hydroxylation is 1. The SMILES string of the molecule is Cc1nc(CSc2cc(Br)ccc2C(=O)O)cs1. The average Bonchev–Trinajstić information content (AvgIpc) is 2.72. The molecule has 18 heavy (non-hydrogen) atoms. The van der Waals surface area contributed by atoms with Gasteiger partial charge in [0.1, 0.15) is 0 Å². The zero-order chi connectivity index (χ0) is 13.1. The highest BCUT2D eigenvalue weighted by Crippen LogP contribution is 2.29. The molecule has 0 amide bonds. The number of nitrogens with zero attached hydrogens (tertiary/aromatic N) is 1. The monoisotopic (exact) mass is 343 g/mol. The lowest BCUT2D eigenvalue weighted by Crippen LogP contribution is -1.98. The summed E-state index contributed by atoms with van der Waals surface area (Å²) in [4.78, 5) is 16.2. The molecule has 0 atom stereocenters. The van der Waals surface area contributed by atoms with Crippen molar-refractivity contribution in [2.45, 2.75) is 17.6 Å². The molecule has 0 aliphatic heterocycles. The second-order valence-corrected chi connectivity index (χ2v) is 6.59. The van der Waals surface area contributed by atoms with Gasteiger partial charge in [0.2, 0.25) is 0 Å². The number of carbonyl (C=O) groups is 1. The minimum Gasteiger partial charge on any atom is -0.478 e. The van der Waals surface area contributed by atoms with E-state index in [9.17, 15) is 4.79 Å². The standard InChI is InChI=1S/C12H10BrNO2S2/c1-7-14-9(5-17-7)6-18-11-4-8(13)2-3-10(11)12(15)16/h2-5H,6H2,1H3,(H,15,16). The molecule has 0 saturated carbocycles. The van der Waals surface area contributed by atoms with Crippen LogP contribution in [-0.4, -0.2) is 16.1 Å². The number of carboxylic acids is 1. The van der Waals surface area contributed by atoms with Crippen molar-refractivity contribution in [3.8, 4) is 0 Å². The fourth-order valence-electron chi connectivity index (χ4n) is 1.42. The van der Waals surface area contributed by atoms with Crippen LogP contribution in [0.3, 0.4) is 0 Å². The quantitative estimate of drug-likeness (QED) is 0.845. The van der Waals surface area contributed by atoms with Crippen LogP contribution in [0, 0.1) is 6.92 Å². The van der Waals surface area contributed by atoms with Gasteiger partial charge >= 0.3 is 5.97 Å². The van der Waals surface area contributed by atoms with Crippen LogP contribution in [0.5, 0.6) is 0 Å². The van der Waals surface area contributed by atoms with Gasteiger partial charge in [-0.3, -0.25) is 0 Å². The average molecular weight is 344 g/mol. The molecule has 1 N–H and O–H groups in total. The van der Waals surface area contributed by atoms with E-state index in [4.69, 9.17) is 5.11 Å². The van der Waals surface area contributed by atoms with E-state index in [-0.39, 0.29) is 0 Å². The summed E-state index contributed by atoms with van der Waals surface area (Å²) in [5.41, 5.74) is 1.31.